The maximum absolute atomic E-state index is 5.80. The smallest absolute Gasteiger partial charge is 0.142 e. The summed E-state index contributed by atoms with van der Waals surface area (Å²) in [6.07, 6.45) is 0. The van der Waals surface area contributed by atoms with Crippen LogP contribution in [0, 0.1) is 0 Å². The number of hydrogen-bond donors (Lipinski definition) is 0. The molecule has 2 nitrogen and oxygen atoms in total. The van der Waals surface area contributed by atoms with E-state index in [1.807, 2.05) is 24.3 Å². The van der Waals surface area contributed by atoms with Gasteiger partial charge in [-0.15, -0.1) is 11.8 Å². The Bertz CT molecular complexity index is 496. The van der Waals surface area contributed by atoms with Gasteiger partial charge in [0.1, 0.15) is 16.1 Å². The fraction of sp³-hybridized carbons (Fsp3) is 0.0909. The molecule has 0 radical (unpaired) electrons. The third kappa shape index (κ3) is 4.03. The molecule has 0 saturated carbocycles. The van der Waals surface area contributed by atoms with Crippen LogP contribution >= 0.6 is 46.6 Å². The fourth-order valence-corrected chi connectivity index (χ4v) is 2.51. The third-order valence-corrected chi connectivity index (χ3v) is 3.54. The molecule has 1 aromatic heterocycles. The zero-order chi connectivity index (χ0) is 12.3. The summed E-state index contributed by atoms with van der Waals surface area (Å²) in [4.78, 5) is 9.27. The number of halogens is 3. The van der Waals surface area contributed by atoms with Crippen LogP contribution in [0.25, 0.3) is 0 Å². The van der Waals surface area contributed by atoms with Crippen LogP contribution in [0.3, 0.4) is 0 Å². The zero-order valence-corrected chi connectivity index (χ0v) is 11.6. The highest BCUT2D eigenvalue weighted by Crippen LogP contribution is 2.24. The van der Waals surface area contributed by atoms with E-state index in [1.54, 1.807) is 11.8 Å². The first-order valence-corrected chi connectivity index (χ1v) is 6.83. The quantitative estimate of drug-likeness (QED) is 0.605. The summed E-state index contributed by atoms with van der Waals surface area (Å²) in [5.41, 5.74) is 0. The van der Waals surface area contributed by atoms with Gasteiger partial charge in [-0.05, 0) is 24.3 Å². The van der Waals surface area contributed by atoms with E-state index < -0.39 is 0 Å². The minimum absolute atomic E-state index is 0.358. The molecule has 88 valence electrons. The van der Waals surface area contributed by atoms with E-state index in [-0.39, 0.29) is 0 Å². The number of hydrogen-bond acceptors (Lipinski definition) is 3. The van der Waals surface area contributed by atoms with Gasteiger partial charge in [0.2, 0.25) is 0 Å². The summed E-state index contributed by atoms with van der Waals surface area (Å²) >= 11 is 19.0. The van der Waals surface area contributed by atoms with Crippen LogP contribution in [-0.4, -0.2) is 9.97 Å². The Kier molecular flexibility index (Phi) is 4.51. The first kappa shape index (κ1) is 13.0. The summed E-state index contributed by atoms with van der Waals surface area (Å²) in [5.74, 6) is 1.23. The van der Waals surface area contributed by atoms with Crippen LogP contribution in [0.5, 0.6) is 0 Å². The van der Waals surface area contributed by atoms with Crippen molar-refractivity contribution < 1.29 is 0 Å². The molecule has 2 aromatic rings. The SMILES string of the molecule is Clc1ccc(SCc2nc(Cl)cc(Cl)n2)cc1. The Morgan fingerprint density at radius 1 is 0.941 bits per heavy atom. The molecule has 0 aliphatic carbocycles. The van der Waals surface area contributed by atoms with Crippen molar-refractivity contribution in [2.45, 2.75) is 10.6 Å². The van der Waals surface area contributed by atoms with Crippen molar-refractivity contribution in [1.29, 1.82) is 0 Å². The highest BCUT2D eigenvalue weighted by Gasteiger charge is 2.03. The van der Waals surface area contributed by atoms with Crippen LogP contribution in [0.1, 0.15) is 5.82 Å². The molecule has 1 heterocycles. The average molecular weight is 306 g/mol. The summed E-state index contributed by atoms with van der Waals surface area (Å²) in [6.45, 7) is 0. The highest BCUT2D eigenvalue weighted by atomic mass is 35.5. The molecule has 6 heteroatoms. The van der Waals surface area contributed by atoms with Gasteiger partial charge in [0, 0.05) is 16.0 Å². The predicted molar refractivity (Wildman–Crippen MR) is 73.1 cm³/mol. The van der Waals surface area contributed by atoms with Gasteiger partial charge in [0.25, 0.3) is 0 Å². The van der Waals surface area contributed by atoms with E-state index in [0.29, 0.717) is 21.9 Å². The molecule has 0 unspecified atom stereocenters. The van der Waals surface area contributed by atoms with E-state index >= 15 is 0 Å². The largest absolute Gasteiger partial charge is 0.220 e. The third-order valence-electron chi connectivity index (χ3n) is 1.89. The summed E-state index contributed by atoms with van der Waals surface area (Å²) < 4.78 is 0. The van der Waals surface area contributed by atoms with E-state index in [1.165, 1.54) is 6.07 Å². The molecular weight excluding hydrogens is 299 g/mol. The lowest BCUT2D eigenvalue weighted by Crippen LogP contribution is -1.93. The van der Waals surface area contributed by atoms with Gasteiger partial charge >= 0.3 is 0 Å². The lowest BCUT2D eigenvalue weighted by molar-refractivity contribution is 1.03. The number of nitrogens with zero attached hydrogens (tertiary/aromatic N) is 2. The van der Waals surface area contributed by atoms with Crippen molar-refractivity contribution >= 4 is 46.6 Å². The van der Waals surface area contributed by atoms with Crippen molar-refractivity contribution in [3.63, 3.8) is 0 Å². The molecule has 0 spiro atoms. The molecule has 0 N–H and O–H groups in total. The summed E-state index contributed by atoms with van der Waals surface area (Å²) in [6, 6.07) is 9.09. The van der Waals surface area contributed by atoms with Gasteiger partial charge < -0.3 is 0 Å². The van der Waals surface area contributed by atoms with Crippen LogP contribution in [0.2, 0.25) is 15.3 Å². The normalized spacial score (nSPS) is 10.5. The number of rotatable bonds is 3. The Labute approximate surface area is 118 Å². The standard InChI is InChI=1S/C11H7Cl3N2S/c12-7-1-3-8(4-2-7)17-6-11-15-9(13)5-10(14)16-11/h1-5H,6H2. The first-order valence-electron chi connectivity index (χ1n) is 4.71. The highest BCUT2D eigenvalue weighted by molar-refractivity contribution is 7.98. The van der Waals surface area contributed by atoms with Crippen molar-refractivity contribution in [3.8, 4) is 0 Å². The number of thioether (sulfide) groups is 1. The minimum atomic E-state index is 0.358. The average Bonchev–Trinajstić information content (AvgIpc) is 2.27. The zero-order valence-electron chi connectivity index (χ0n) is 8.53. The Balaban J connectivity index is 2.04. The van der Waals surface area contributed by atoms with Crippen molar-refractivity contribution in [3.05, 3.63) is 51.5 Å². The molecule has 0 bridgehead atoms. The van der Waals surface area contributed by atoms with E-state index in [2.05, 4.69) is 9.97 Å². The molecule has 0 aliphatic rings. The molecule has 0 atom stereocenters. The lowest BCUT2D eigenvalue weighted by atomic mass is 10.4. The van der Waals surface area contributed by atoms with Crippen LogP contribution in [-0.2, 0) is 5.75 Å². The Hall–Kier alpha value is -0.480. The van der Waals surface area contributed by atoms with Gasteiger partial charge in [0.15, 0.2) is 0 Å². The lowest BCUT2D eigenvalue weighted by Gasteiger charge is -2.02. The molecule has 0 fully saturated rings. The topological polar surface area (TPSA) is 25.8 Å². The summed E-state index contributed by atoms with van der Waals surface area (Å²) in [7, 11) is 0. The van der Waals surface area contributed by atoms with E-state index in [4.69, 9.17) is 34.8 Å². The molecule has 0 aliphatic heterocycles. The minimum Gasteiger partial charge on any atom is -0.220 e. The maximum Gasteiger partial charge on any atom is 0.142 e. The monoisotopic (exact) mass is 304 g/mol. The second-order valence-electron chi connectivity index (χ2n) is 3.17. The molecule has 0 saturated heterocycles. The fourth-order valence-electron chi connectivity index (χ4n) is 1.18. The molecular formula is C11H7Cl3N2S. The molecule has 1 aromatic carbocycles. The Morgan fingerprint density at radius 2 is 1.53 bits per heavy atom. The molecule has 2 rings (SSSR count). The predicted octanol–water partition coefficient (Wildman–Crippen LogP) is 4.73. The van der Waals surface area contributed by atoms with Crippen LogP contribution < -0.4 is 0 Å². The first-order chi connectivity index (χ1) is 8.13. The second-order valence-corrected chi connectivity index (χ2v) is 5.43. The van der Waals surface area contributed by atoms with Crippen molar-refractivity contribution in [1.82, 2.24) is 9.97 Å². The van der Waals surface area contributed by atoms with Crippen molar-refractivity contribution in [2.24, 2.45) is 0 Å². The van der Waals surface area contributed by atoms with Gasteiger partial charge in [0.05, 0.1) is 5.75 Å². The number of aromatic nitrogens is 2. The van der Waals surface area contributed by atoms with Gasteiger partial charge in [-0.2, -0.15) is 0 Å². The molecule has 17 heavy (non-hydrogen) atoms. The molecule has 0 amide bonds. The Morgan fingerprint density at radius 3 is 2.12 bits per heavy atom. The van der Waals surface area contributed by atoms with Crippen molar-refractivity contribution in [2.75, 3.05) is 0 Å². The van der Waals surface area contributed by atoms with Crippen LogP contribution in [0.4, 0.5) is 0 Å². The number of benzene rings is 1. The van der Waals surface area contributed by atoms with E-state index in [9.17, 15) is 0 Å². The van der Waals surface area contributed by atoms with E-state index in [0.717, 1.165) is 9.92 Å². The van der Waals surface area contributed by atoms with Gasteiger partial charge in [-0.25, -0.2) is 9.97 Å². The van der Waals surface area contributed by atoms with Gasteiger partial charge in [-0.1, -0.05) is 34.8 Å². The van der Waals surface area contributed by atoms with Crippen LogP contribution in [0.15, 0.2) is 35.2 Å². The van der Waals surface area contributed by atoms with Gasteiger partial charge in [-0.3, -0.25) is 0 Å². The summed E-state index contributed by atoms with van der Waals surface area (Å²) in [5, 5.41) is 1.44. The second kappa shape index (κ2) is 5.91. The maximum atomic E-state index is 5.80.